The quantitative estimate of drug-likeness (QED) is 0.591. The van der Waals surface area contributed by atoms with Gasteiger partial charge in [0.05, 0.1) is 16.7 Å². The number of rotatable bonds is 6. The lowest BCUT2D eigenvalue weighted by Crippen LogP contribution is -2.42. The largest absolute Gasteiger partial charge is 0.416 e. The maximum Gasteiger partial charge on any atom is 0.416 e. The van der Waals surface area contributed by atoms with Crippen LogP contribution in [0.25, 0.3) is 0 Å². The van der Waals surface area contributed by atoms with Crippen molar-refractivity contribution in [2.24, 2.45) is 0 Å². The molecule has 1 aliphatic heterocycles. The summed E-state index contributed by atoms with van der Waals surface area (Å²) in [5.74, 6) is 0. The molecular weight excluding hydrogens is 375 g/mol. The highest BCUT2D eigenvalue weighted by atomic mass is 32.2. The Labute approximate surface area is 149 Å². The van der Waals surface area contributed by atoms with Gasteiger partial charge in [-0.25, -0.2) is 13.1 Å². The normalized spacial score (nSPS) is 18.8. The number of nitrogens with zero attached hydrogens (tertiary/aromatic N) is 2. The van der Waals surface area contributed by atoms with Crippen molar-refractivity contribution in [3.8, 4) is 0 Å². The molecule has 1 N–H and O–H groups in total. The van der Waals surface area contributed by atoms with Crippen molar-refractivity contribution in [3.63, 3.8) is 0 Å². The highest BCUT2D eigenvalue weighted by molar-refractivity contribution is 7.88. The molecule has 0 bridgehead atoms. The van der Waals surface area contributed by atoms with Gasteiger partial charge in [0.1, 0.15) is 5.69 Å². The van der Waals surface area contributed by atoms with E-state index in [1.807, 2.05) is 0 Å². The first-order chi connectivity index (χ1) is 12.0. The molecule has 0 aromatic heterocycles. The summed E-state index contributed by atoms with van der Waals surface area (Å²) in [4.78, 5) is 12.2. The van der Waals surface area contributed by atoms with Crippen molar-refractivity contribution < 1.29 is 26.5 Å². The standard InChI is InChI=1S/C15H20F3N3O4S/c1-26(24,25)19-8-7-12-4-2-3-9-20(12)13-6-5-11(15(16,17)18)10-14(13)21(22)23/h5-6,10,12,19H,2-4,7-9H2,1H3/t12-/m1/s1. The van der Waals surface area contributed by atoms with E-state index in [0.717, 1.165) is 31.2 Å². The lowest BCUT2D eigenvalue weighted by atomic mass is 9.97. The zero-order valence-electron chi connectivity index (χ0n) is 14.1. The maximum absolute atomic E-state index is 12.9. The molecule has 11 heteroatoms. The smallest absolute Gasteiger partial charge is 0.363 e. The monoisotopic (exact) mass is 395 g/mol. The van der Waals surface area contributed by atoms with Crippen LogP contribution in [0.2, 0.25) is 0 Å². The Morgan fingerprint density at radius 2 is 2.04 bits per heavy atom. The van der Waals surface area contributed by atoms with Gasteiger partial charge in [-0.3, -0.25) is 10.1 Å². The molecule has 7 nitrogen and oxygen atoms in total. The van der Waals surface area contributed by atoms with Crippen LogP contribution in [0.15, 0.2) is 18.2 Å². The van der Waals surface area contributed by atoms with Crippen molar-refractivity contribution in [1.82, 2.24) is 4.72 Å². The topological polar surface area (TPSA) is 92.6 Å². The molecule has 1 aromatic carbocycles. The van der Waals surface area contributed by atoms with Crippen LogP contribution in [-0.4, -0.2) is 38.7 Å². The molecule has 0 unspecified atom stereocenters. The van der Waals surface area contributed by atoms with E-state index in [-0.39, 0.29) is 18.3 Å². The highest BCUT2D eigenvalue weighted by Crippen LogP contribution is 2.38. The third kappa shape index (κ3) is 5.31. The summed E-state index contributed by atoms with van der Waals surface area (Å²) in [6.45, 7) is 0.629. The third-order valence-corrected chi connectivity index (χ3v) is 5.01. The van der Waals surface area contributed by atoms with Crippen LogP contribution in [0.5, 0.6) is 0 Å². The van der Waals surface area contributed by atoms with Crippen LogP contribution in [0.1, 0.15) is 31.2 Å². The summed E-state index contributed by atoms with van der Waals surface area (Å²) in [5, 5.41) is 11.3. The summed E-state index contributed by atoms with van der Waals surface area (Å²) in [6.07, 6.45) is -0.909. The summed E-state index contributed by atoms with van der Waals surface area (Å²) in [7, 11) is -3.35. The van der Waals surface area contributed by atoms with Crippen molar-refractivity contribution in [2.75, 3.05) is 24.2 Å². The summed E-state index contributed by atoms with van der Waals surface area (Å²) in [5.41, 5.74) is -1.53. The zero-order chi connectivity index (χ0) is 19.5. The van der Waals surface area contributed by atoms with E-state index in [4.69, 9.17) is 0 Å². The summed E-state index contributed by atoms with van der Waals surface area (Å²) < 4.78 is 63.3. The first kappa shape index (κ1) is 20.4. The van der Waals surface area contributed by atoms with Gasteiger partial charge in [0, 0.05) is 25.2 Å². The maximum atomic E-state index is 12.9. The highest BCUT2D eigenvalue weighted by Gasteiger charge is 2.35. The molecule has 1 aliphatic rings. The number of nitro groups is 1. The fourth-order valence-corrected chi connectivity index (χ4v) is 3.61. The van der Waals surface area contributed by atoms with Crippen LogP contribution >= 0.6 is 0 Å². The van der Waals surface area contributed by atoms with Crippen LogP contribution in [0.3, 0.4) is 0 Å². The van der Waals surface area contributed by atoms with Crippen molar-refractivity contribution >= 4 is 21.4 Å². The number of benzene rings is 1. The molecule has 2 rings (SSSR count). The van der Waals surface area contributed by atoms with Crippen molar-refractivity contribution in [2.45, 2.75) is 37.9 Å². The fourth-order valence-electron chi connectivity index (χ4n) is 3.12. The predicted molar refractivity (Wildman–Crippen MR) is 90.5 cm³/mol. The predicted octanol–water partition coefficient (Wildman–Crippen LogP) is 2.91. The van der Waals surface area contributed by atoms with Gasteiger partial charge in [-0.1, -0.05) is 0 Å². The second-order valence-electron chi connectivity index (χ2n) is 6.26. The Morgan fingerprint density at radius 1 is 1.35 bits per heavy atom. The van der Waals surface area contributed by atoms with Gasteiger partial charge >= 0.3 is 6.18 Å². The molecule has 1 aromatic rings. The molecule has 0 spiro atoms. The van der Waals surface area contributed by atoms with E-state index in [9.17, 15) is 31.7 Å². The first-order valence-corrected chi connectivity index (χ1v) is 9.95. The van der Waals surface area contributed by atoms with Crippen LogP contribution in [0, 0.1) is 10.1 Å². The number of piperidine rings is 1. The minimum atomic E-state index is -4.66. The Morgan fingerprint density at radius 3 is 2.62 bits per heavy atom. The number of nitrogens with one attached hydrogen (secondary N) is 1. The Balaban J connectivity index is 2.29. The average Bonchev–Trinajstić information content (AvgIpc) is 2.52. The molecular formula is C15H20F3N3O4S. The van der Waals surface area contributed by atoms with Gasteiger partial charge in [0.2, 0.25) is 10.0 Å². The number of alkyl halides is 3. The molecule has 0 saturated carbocycles. The van der Waals surface area contributed by atoms with Gasteiger partial charge in [0.25, 0.3) is 5.69 Å². The number of anilines is 1. The minimum absolute atomic E-state index is 0.132. The average molecular weight is 395 g/mol. The zero-order valence-corrected chi connectivity index (χ0v) is 14.9. The van der Waals surface area contributed by atoms with Gasteiger partial charge in [0.15, 0.2) is 0 Å². The Hall–Kier alpha value is -1.88. The Bertz CT molecular complexity index is 768. The van der Waals surface area contributed by atoms with Crippen LogP contribution < -0.4 is 9.62 Å². The van der Waals surface area contributed by atoms with E-state index in [0.29, 0.717) is 25.5 Å². The molecule has 1 heterocycles. The number of nitro benzene ring substituents is 1. The summed E-state index contributed by atoms with van der Waals surface area (Å²) >= 11 is 0. The van der Waals surface area contributed by atoms with Crippen LogP contribution in [-0.2, 0) is 16.2 Å². The van der Waals surface area contributed by atoms with Gasteiger partial charge in [-0.05, 0) is 37.8 Å². The van der Waals surface area contributed by atoms with E-state index in [2.05, 4.69) is 4.72 Å². The van der Waals surface area contributed by atoms with Crippen LogP contribution in [0.4, 0.5) is 24.5 Å². The third-order valence-electron chi connectivity index (χ3n) is 4.28. The molecule has 0 amide bonds. The van der Waals surface area contributed by atoms with Gasteiger partial charge in [-0.15, -0.1) is 0 Å². The second kappa shape index (κ2) is 7.78. The number of hydrogen-bond donors (Lipinski definition) is 1. The van der Waals surface area contributed by atoms with Crippen molar-refractivity contribution in [3.05, 3.63) is 33.9 Å². The molecule has 1 saturated heterocycles. The van der Waals surface area contributed by atoms with Gasteiger partial charge < -0.3 is 4.90 Å². The molecule has 0 aliphatic carbocycles. The minimum Gasteiger partial charge on any atom is -0.363 e. The summed E-state index contributed by atoms with van der Waals surface area (Å²) in [6, 6.07) is 2.33. The molecule has 0 radical (unpaired) electrons. The molecule has 1 fully saturated rings. The first-order valence-electron chi connectivity index (χ1n) is 8.06. The number of hydrogen-bond acceptors (Lipinski definition) is 5. The number of halogens is 3. The molecule has 26 heavy (non-hydrogen) atoms. The van der Waals surface area contributed by atoms with Crippen molar-refractivity contribution in [1.29, 1.82) is 0 Å². The molecule has 146 valence electrons. The van der Waals surface area contributed by atoms with E-state index >= 15 is 0 Å². The fraction of sp³-hybridized carbons (Fsp3) is 0.600. The van der Waals surface area contributed by atoms with E-state index < -0.39 is 32.4 Å². The van der Waals surface area contributed by atoms with E-state index in [1.54, 1.807) is 4.90 Å². The SMILES string of the molecule is CS(=O)(=O)NCC[C@H]1CCCCN1c1ccc(C(F)(F)F)cc1[N+](=O)[O-]. The molecule has 1 atom stereocenters. The number of sulfonamides is 1. The van der Waals surface area contributed by atoms with E-state index in [1.165, 1.54) is 0 Å². The lowest BCUT2D eigenvalue weighted by Gasteiger charge is -2.37. The van der Waals surface area contributed by atoms with Gasteiger partial charge in [-0.2, -0.15) is 13.2 Å². The Kier molecular flexibility index (Phi) is 6.12. The second-order valence-corrected chi connectivity index (χ2v) is 8.09. The lowest BCUT2D eigenvalue weighted by molar-refractivity contribution is -0.384.